The number of piperazine rings is 1. The van der Waals surface area contributed by atoms with Crippen molar-refractivity contribution in [2.24, 2.45) is 4.99 Å². The van der Waals surface area contributed by atoms with Gasteiger partial charge < -0.3 is 24.8 Å². The molecule has 0 spiro atoms. The topological polar surface area (TPSA) is 43.3 Å². The monoisotopic (exact) mass is 503 g/mol. The molecule has 1 fully saturated rings. The highest BCUT2D eigenvalue weighted by molar-refractivity contribution is 14.0. The molecule has 6 nitrogen and oxygen atoms in total. The summed E-state index contributed by atoms with van der Waals surface area (Å²) >= 11 is 0. The minimum Gasteiger partial charge on any atom is -0.497 e. The summed E-state index contributed by atoms with van der Waals surface area (Å²) in [6.07, 6.45) is 2.41. The van der Waals surface area contributed by atoms with Crippen molar-refractivity contribution in [2.45, 2.75) is 26.7 Å². The number of rotatable bonds is 9. The predicted octanol–water partition coefficient (Wildman–Crippen LogP) is 3.13. The lowest BCUT2D eigenvalue weighted by molar-refractivity contribution is 0.296. The molecule has 0 saturated carbocycles. The molecule has 1 aromatic rings. The van der Waals surface area contributed by atoms with Gasteiger partial charge in [0.25, 0.3) is 0 Å². The molecule has 7 heteroatoms. The van der Waals surface area contributed by atoms with Crippen molar-refractivity contribution in [3.63, 3.8) is 0 Å². The molecule has 0 bridgehead atoms. The maximum Gasteiger partial charge on any atom is 0.193 e. The highest BCUT2D eigenvalue weighted by Crippen LogP contribution is 2.20. The molecule has 0 unspecified atom stereocenters. The molecular weight excluding hydrogens is 465 g/mol. The van der Waals surface area contributed by atoms with E-state index in [1.807, 2.05) is 19.2 Å². The summed E-state index contributed by atoms with van der Waals surface area (Å²) in [4.78, 5) is 11.8. The first kappa shape index (κ1) is 24.8. The maximum atomic E-state index is 5.25. The van der Waals surface area contributed by atoms with Gasteiger partial charge in [-0.1, -0.05) is 13.8 Å². The van der Waals surface area contributed by atoms with Gasteiger partial charge in [-0.05, 0) is 56.7 Å². The first-order valence-electron chi connectivity index (χ1n) is 10.3. The quantitative estimate of drug-likeness (QED) is 0.243. The normalized spacial score (nSPS) is 14.8. The summed E-state index contributed by atoms with van der Waals surface area (Å²) in [5.74, 6) is 1.94. The Morgan fingerprint density at radius 3 is 2.25 bits per heavy atom. The summed E-state index contributed by atoms with van der Waals surface area (Å²) in [6, 6.07) is 8.33. The average molecular weight is 503 g/mol. The van der Waals surface area contributed by atoms with Gasteiger partial charge in [-0.2, -0.15) is 0 Å². The first-order chi connectivity index (χ1) is 13.2. The first-order valence-corrected chi connectivity index (χ1v) is 10.3. The lowest BCUT2D eigenvalue weighted by atomic mass is 10.2. The maximum absolute atomic E-state index is 5.25. The van der Waals surface area contributed by atoms with E-state index >= 15 is 0 Å². The zero-order valence-electron chi connectivity index (χ0n) is 18.0. The number of halogens is 1. The van der Waals surface area contributed by atoms with Crippen LogP contribution in [0.1, 0.15) is 26.7 Å². The Morgan fingerprint density at radius 2 is 1.71 bits per heavy atom. The van der Waals surface area contributed by atoms with Crippen LogP contribution in [0.25, 0.3) is 0 Å². The van der Waals surface area contributed by atoms with Crippen LogP contribution in [0.2, 0.25) is 0 Å². The molecule has 1 aliphatic heterocycles. The summed E-state index contributed by atoms with van der Waals surface area (Å²) < 4.78 is 5.25. The molecule has 0 radical (unpaired) electrons. The van der Waals surface area contributed by atoms with Gasteiger partial charge >= 0.3 is 0 Å². The number of unbranched alkanes of at least 4 members (excludes halogenated alkanes) is 1. The van der Waals surface area contributed by atoms with Crippen molar-refractivity contribution >= 4 is 35.6 Å². The van der Waals surface area contributed by atoms with Gasteiger partial charge in [-0.15, -0.1) is 24.0 Å². The number of benzene rings is 1. The third-order valence-corrected chi connectivity index (χ3v) is 5.31. The number of guanidine groups is 1. The van der Waals surface area contributed by atoms with E-state index in [-0.39, 0.29) is 24.0 Å². The largest absolute Gasteiger partial charge is 0.497 e. The van der Waals surface area contributed by atoms with E-state index in [2.05, 4.69) is 51.0 Å². The molecular formula is C21H38IN5O. The van der Waals surface area contributed by atoms with Crippen molar-refractivity contribution < 1.29 is 4.74 Å². The molecule has 28 heavy (non-hydrogen) atoms. The van der Waals surface area contributed by atoms with Gasteiger partial charge in [-0.25, -0.2) is 0 Å². The minimum atomic E-state index is 0. The summed E-state index contributed by atoms with van der Waals surface area (Å²) in [7, 11) is 3.59. The third kappa shape index (κ3) is 7.66. The van der Waals surface area contributed by atoms with E-state index < -0.39 is 0 Å². The highest BCUT2D eigenvalue weighted by atomic mass is 127. The minimum absolute atomic E-state index is 0. The molecule has 2 rings (SSSR count). The van der Waals surface area contributed by atoms with E-state index in [4.69, 9.17) is 4.74 Å². The van der Waals surface area contributed by atoms with Crippen molar-refractivity contribution in [3.8, 4) is 5.75 Å². The van der Waals surface area contributed by atoms with Gasteiger partial charge in [0, 0.05) is 45.5 Å². The predicted molar refractivity (Wildman–Crippen MR) is 131 cm³/mol. The number of methoxy groups -OCH3 is 1. The van der Waals surface area contributed by atoms with Crippen LogP contribution in [0, 0.1) is 0 Å². The molecule has 1 aliphatic rings. The van der Waals surface area contributed by atoms with Crippen LogP contribution in [0.15, 0.2) is 29.3 Å². The number of anilines is 1. The number of ether oxygens (including phenoxy) is 1. The Labute approximate surface area is 188 Å². The fourth-order valence-corrected chi connectivity index (χ4v) is 3.50. The zero-order valence-corrected chi connectivity index (χ0v) is 20.3. The third-order valence-electron chi connectivity index (χ3n) is 5.31. The lowest BCUT2D eigenvalue weighted by Gasteiger charge is -2.37. The molecule has 160 valence electrons. The molecule has 1 N–H and O–H groups in total. The molecule has 1 saturated heterocycles. The van der Waals surface area contributed by atoms with Gasteiger partial charge in [0.15, 0.2) is 5.96 Å². The fraction of sp³-hybridized carbons (Fsp3) is 0.667. The molecule has 0 amide bonds. The molecule has 1 heterocycles. The van der Waals surface area contributed by atoms with E-state index in [9.17, 15) is 0 Å². The molecule has 0 aromatic heterocycles. The highest BCUT2D eigenvalue weighted by Gasteiger charge is 2.19. The Kier molecular flexibility index (Phi) is 12.3. The number of nitrogens with one attached hydrogen (secondary N) is 1. The lowest BCUT2D eigenvalue weighted by Crippen LogP contribution is -2.52. The van der Waals surface area contributed by atoms with Crippen molar-refractivity contribution in [1.29, 1.82) is 0 Å². The molecule has 0 aliphatic carbocycles. The van der Waals surface area contributed by atoms with Crippen LogP contribution in [-0.2, 0) is 0 Å². The number of aliphatic imine (C=N–C) groups is 1. The van der Waals surface area contributed by atoms with Crippen LogP contribution < -0.4 is 15.0 Å². The average Bonchev–Trinajstić information content (AvgIpc) is 2.74. The Hall–Kier alpha value is -1.22. The van der Waals surface area contributed by atoms with Crippen LogP contribution in [-0.4, -0.2) is 82.3 Å². The van der Waals surface area contributed by atoms with Crippen molar-refractivity contribution in [3.05, 3.63) is 24.3 Å². The standard InChI is InChI=1S/C21H37N5O.HI/c1-5-24(6-2)14-8-7-13-23-21(22-3)26-17-15-25(16-18-26)19-9-11-20(27-4)12-10-19;/h9-12H,5-8,13-18H2,1-4H3,(H,22,23);1H. The van der Waals surface area contributed by atoms with Crippen LogP contribution in [0.5, 0.6) is 5.75 Å². The fourth-order valence-electron chi connectivity index (χ4n) is 3.50. The van der Waals surface area contributed by atoms with Crippen LogP contribution in [0.4, 0.5) is 5.69 Å². The summed E-state index contributed by atoms with van der Waals surface area (Å²) in [5, 5.41) is 3.54. The van der Waals surface area contributed by atoms with Gasteiger partial charge in [0.2, 0.25) is 0 Å². The SMILES string of the molecule is CCN(CC)CCCCNC(=NC)N1CCN(c2ccc(OC)cc2)CC1.I. The molecule has 0 atom stereocenters. The van der Waals surface area contributed by atoms with Crippen LogP contribution in [0.3, 0.4) is 0 Å². The second-order valence-corrected chi connectivity index (χ2v) is 6.88. The van der Waals surface area contributed by atoms with E-state index in [0.29, 0.717) is 0 Å². The number of hydrogen-bond donors (Lipinski definition) is 1. The van der Waals surface area contributed by atoms with Crippen LogP contribution >= 0.6 is 24.0 Å². The van der Waals surface area contributed by atoms with Crippen molar-refractivity contribution in [1.82, 2.24) is 15.1 Å². The summed E-state index contributed by atoms with van der Waals surface area (Å²) in [6.45, 7) is 12.9. The zero-order chi connectivity index (χ0) is 19.5. The van der Waals surface area contributed by atoms with E-state index in [1.165, 1.54) is 25.1 Å². The second-order valence-electron chi connectivity index (χ2n) is 6.88. The Balaban J connectivity index is 0.00000392. The smallest absolute Gasteiger partial charge is 0.193 e. The van der Waals surface area contributed by atoms with E-state index in [1.54, 1.807) is 7.11 Å². The number of hydrogen-bond acceptors (Lipinski definition) is 4. The van der Waals surface area contributed by atoms with E-state index in [0.717, 1.165) is 57.5 Å². The van der Waals surface area contributed by atoms with Gasteiger partial charge in [0.1, 0.15) is 5.75 Å². The molecule has 1 aromatic carbocycles. The Bertz CT molecular complexity index is 554. The second kappa shape index (κ2) is 13.9. The Morgan fingerprint density at radius 1 is 1.07 bits per heavy atom. The van der Waals surface area contributed by atoms with Gasteiger partial charge in [-0.3, -0.25) is 4.99 Å². The number of nitrogens with zero attached hydrogens (tertiary/aromatic N) is 4. The summed E-state index contributed by atoms with van der Waals surface area (Å²) in [5.41, 5.74) is 1.26. The van der Waals surface area contributed by atoms with Gasteiger partial charge in [0.05, 0.1) is 7.11 Å². The van der Waals surface area contributed by atoms with Crippen molar-refractivity contribution in [2.75, 3.05) is 71.4 Å².